The van der Waals surface area contributed by atoms with Gasteiger partial charge in [0.05, 0.1) is 0 Å². The van der Waals surface area contributed by atoms with Crippen molar-refractivity contribution in [3.63, 3.8) is 0 Å². The minimum absolute atomic E-state index is 0.0459. The fraction of sp³-hybridized carbons (Fsp3) is 0.462. The second kappa shape index (κ2) is 6.28. The number of hydrogen-bond acceptors (Lipinski definition) is 2. The Bertz CT molecular complexity index is 332. The minimum atomic E-state index is -0.0459. The fourth-order valence-corrected chi connectivity index (χ4v) is 1.70. The van der Waals surface area contributed by atoms with Crippen LogP contribution in [-0.2, 0) is 11.2 Å². The van der Waals surface area contributed by atoms with Crippen molar-refractivity contribution in [1.29, 1.82) is 0 Å². The normalized spacial score (nSPS) is 12.2. The standard InChI is InChI=1S/C13H20N2O/c1-3-4-12(14)9-11-5-7-13(8-6-11)15-10(2)16/h5-8,12H,3-4,9,14H2,1-2H3,(H,15,16). The predicted octanol–water partition coefficient (Wildman–Crippen LogP) is 2.31. The van der Waals surface area contributed by atoms with Gasteiger partial charge < -0.3 is 11.1 Å². The Balaban J connectivity index is 2.54. The molecule has 1 unspecified atom stereocenters. The molecule has 0 aliphatic heterocycles. The third kappa shape index (κ3) is 4.45. The molecule has 0 bridgehead atoms. The summed E-state index contributed by atoms with van der Waals surface area (Å²) in [7, 11) is 0. The molecule has 0 aliphatic rings. The lowest BCUT2D eigenvalue weighted by molar-refractivity contribution is -0.114. The Morgan fingerprint density at radius 3 is 2.50 bits per heavy atom. The molecule has 0 aliphatic carbocycles. The van der Waals surface area contributed by atoms with Crippen molar-refractivity contribution in [3.05, 3.63) is 29.8 Å². The van der Waals surface area contributed by atoms with E-state index in [9.17, 15) is 4.79 Å². The summed E-state index contributed by atoms with van der Waals surface area (Å²) < 4.78 is 0. The van der Waals surface area contributed by atoms with Gasteiger partial charge in [-0.05, 0) is 30.5 Å². The Morgan fingerprint density at radius 2 is 2.00 bits per heavy atom. The van der Waals surface area contributed by atoms with E-state index in [1.807, 2.05) is 24.3 Å². The summed E-state index contributed by atoms with van der Waals surface area (Å²) in [4.78, 5) is 10.8. The van der Waals surface area contributed by atoms with Crippen molar-refractivity contribution in [2.75, 3.05) is 5.32 Å². The maximum absolute atomic E-state index is 10.8. The Hall–Kier alpha value is -1.35. The largest absolute Gasteiger partial charge is 0.327 e. The van der Waals surface area contributed by atoms with Crippen LogP contribution in [0.2, 0.25) is 0 Å². The van der Waals surface area contributed by atoms with Gasteiger partial charge in [-0.25, -0.2) is 0 Å². The maximum atomic E-state index is 10.8. The Kier molecular flexibility index (Phi) is 4.99. The van der Waals surface area contributed by atoms with Crippen LogP contribution >= 0.6 is 0 Å². The first-order valence-corrected chi connectivity index (χ1v) is 5.74. The van der Waals surface area contributed by atoms with E-state index in [1.165, 1.54) is 12.5 Å². The quantitative estimate of drug-likeness (QED) is 0.800. The first-order chi connectivity index (χ1) is 7.61. The molecule has 3 nitrogen and oxygen atoms in total. The van der Waals surface area contributed by atoms with Gasteiger partial charge in [0.2, 0.25) is 5.91 Å². The average Bonchev–Trinajstić information content (AvgIpc) is 2.20. The van der Waals surface area contributed by atoms with Crippen molar-refractivity contribution in [3.8, 4) is 0 Å². The number of hydrogen-bond donors (Lipinski definition) is 2. The first-order valence-electron chi connectivity index (χ1n) is 5.74. The van der Waals surface area contributed by atoms with E-state index < -0.39 is 0 Å². The summed E-state index contributed by atoms with van der Waals surface area (Å²) in [6, 6.07) is 8.09. The van der Waals surface area contributed by atoms with E-state index in [1.54, 1.807) is 0 Å². The lowest BCUT2D eigenvalue weighted by atomic mass is 10.0. The van der Waals surface area contributed by atoms with Crippen LogP contribution in [0.5, 0.6) is 0 Å². The van der Waals surface area contributed by atoms with Crippen molar-refractivity contribution in [2.24, 2.45) is 5.73 Å². The van der Waals surface area contributed by atoms with E-state index in [2.05, 4.69) is 12.2 Å². The molecule has 0 radical (unpaired) electrons. The zero-order valence-electron chi connectivity index (χ0n) is 9.99. The number of benzene rings is 1. The second-order valence-corrected chi connectivity index (χ2v) is 4.13. The SMILES string of the molecule is CCCC(N)Cc1ccc(NC(C)=O)cc1. The molecular formula is C13H20N2O. The van der Waals surface area contributed by atoms with Gasteiger partial charge in [0.1, 0.15) is 0 Å². The van der Waals surface area contributed by atoms with Gasteiger partial charge in [0.25, 0.3) is 0 Å². The topological polar surface area (TPSA) is 55.1 Å². The molecule has 3 heteroatoms. The molecule has 0 saturated heterocycles. The predicted molar refractivity (Wildman–Crippen MR) is 67.3 cm³/mol. The van der Waals surface area contributed by atoms with Gasteiger partial charge in [-0.15, -0.1) is 0 Å². The van der Waals surface area contributed by atoms with Crippen molar-refractivity contribution in [1.82, 2.24) is 0 Å². The van der Waals surface area contributed by atoms with E-state index in [-0.39, 0.29) is 11.9 Å². The number of carbonyl (C=O) groups is 1. The van der Waals surface area contributed by atoms with Crippen molar-refractivity contribution >= 4 is 11.6 Å². The van der Waals surface area contributed by atoms with E-state index >= 15 is 0 Å². The average molecular weight is 220 g/mol. The molecule has 16 heavy (non-hydrogen) atoms. The highest BCUT2D eigenvalue weighted by Crippen LogP contribution is 2.11. The van der Waals surface area contributed by atoms with Crippen LogP contribution in [0.1, 0.15) is 32.3 Å². The monoisotopic (exact) mass is 220 g/mol. The van der Waals surface area contributed by atoms with Crippen LogP contribution in [0.3, 0.4) is 0 Å². The summed E-state index contributed by atoms with van der Waals surface area (Å²) in [5.41, 5.74) is 8.02. The summed E-state index contributed by atoms with van der Waals surface area (Å²) in [5.74, 6) is -0.0459. The summed E-state index contributed by atoms with van der Waals surface area (Å²) in [6.07, 6.45) is 3.06. The van der Waals surface area contributed by atoms with E-state index in [0.29, 0.717) is 0 Å². The number of carbonyl (C=O) groups excluding carboxylic acids is 1. The Morgan fingerprint density at radius 1 is 1.38 bits per heavy atom. The summed E-state index contributed by atoms with van der Waals surface area (Å²) >= 11 is 0. The Labute approximate surface area is 97.0 Å². The first kappa shape index (κ1) is 12.7. The highest BCUT2D eigenvalue weighted by molar-refractivity contribution is 5.88. The van der Waals surface area contributed by atoms with E-state index in [0.717, 1.165) is 24.9 Å². The van der Waals surface area contributed by atoms with Crippen LogP contribution in [0, 0.1) is 0 Å². The zero-order valence-corrected chi connectivity index (χ0v) is 9.99. The molecule has 1 aromatic rings. The number of nitrogens with one attached hydrogen (secondary N) is 1. The molecule has 0 spiro atoms. The van der Waals surface area contributed by atoms with Crippen LogP contribution in [0.4, 0.5) is 5.69 Å². The highest BCUT2D eigenvalue weighted by Gasteiger charge is 2.03. The van der Waals surface area contributed by atoms with E-state index in [4.69, 9.17) is 5.73 Å². The molecule has 3 N–H and O–H groups in total. The van der Waals surface area contributed by atoms with Gasteiger partial charge in [0, 0.05) is 18.7 Å². The molecule has 0 fully saturated rings. The van der Waals surface area contributed by atoms with Crippen LogP contribution in [-0.4, -0.2) is 11.9 Å². The molecule has 1 atom stereocenters. The smallest absolute Gasteiger partial charge is 0.221 e. The van der Waals surface area contributed by atoms with Gasteiger partial charge in [0.15, 0.2) is 0 Å². The highest BCUT2D eigenvalue weighted by atomic mass is 16.1. The molecule has 0 aromatic heterocycles. The van der Waals surface area contributed by atoms with Crippen LogP contribution in [0.25, 0.3) is 0 Å². The summed E-state index contributed by atoms with van der Waals surface area (Å²) in [5, 5.41) is 2.74. The molecule has 1 aromatic carbocycles. The lowest BCUT2D eigenvalue weighted by Gasteiger charge is -2.10. The summed E-state index contributed by atoms with van der Waals surface area (Å²) in [6.45, 7) is 3.64. The number of anilines is 1. The molecule has 1 amide bonds. The number of nitrogens with two attached hydrogens (primary N) is 1. The third-order valence-corrected chi connectivity index (χ3v) is 2.43. The van der Waals surface area contributed by atoms with Gasteiger partial charge in [-0.1, -0.05) is 25.5 Å². The maximum Gasteiger partial charge on any atom is 0.221 e. The second-order valence-electron chi connectivity index (χ2n) is 4.13. The van der Waals surface area contributed by atoms with Crippen LogP contribution < -0.4 is 11.1 Å². The van der Waals surface area contributed by atoms with Crippen molar-refractivity contribution < 1.29 is 4.79 Å². The van der Waals surface area contributed by atoms with Gasteiger partial charge in [-0.3, -0.25) is 4.79 Å². The zero-order chi connectivity index (χ0) is 12.0. The van der Waals surface area contributed by atoms with Crippen molar-refractivity contribution in [2.45, 2.75) is 39.2 Å². The third-order valence-electron chi connectivity index (χ3n) is 2.43. The van der Waals surface area contributed by atoms with Gasteiger partial charge >= 0.3 is 0 Å². The molecular weight excluding hydrogens is 200 g/mol. The number of amides is 1. The molecule has 0 heterocycles. The fourth-order valence-electron chi connectivity index (χ4n) is 1.70. The molecule has 1 rings (SSSR count). The van der Waals surface area contributed by atoms with Gasteiger partial charge in [-0.2, -0.15) is 0 Å². The number of rotatable bonds is 5. The molecule has 0 saturated carbocycles. The lowest BCUT2D eigenvalue weighted by Crippen LogP contribution is -2.22. The van der Waals surface area contributed by atoms with Crippen LogP contribution in [0.15, 0.2) is 24.3 Å². The molecule has 88 valence electrons. The minimum Gasteiger partial charge on any atom is -0.327 e.